The number of nitrogens with one attached hydrogen (secondary N) is 1. The van der Waals surface area contributed by atoms with Crippen molar-refractivity contribution in [2.45, 2.75) is 27.2 Å². The molecule has 0 aliphatic rings. The zero-order chi connectivity index (χ0) is 19.9. The fourth-order valence-corrected chi connectivity index (χ4v) is 2.89. The fraction of sp³-hybridized carbons (Fsp3) is 0.273. The summed E-state index contributed by atoms with van der Waals surface area (Å²) >= 11 is 0. The van der Waals surface area contributed by atoms with Crippen LogP contribution in [0.4, 0.5) is 17.3 Å². The van der Waals surface area contributed by atoms with Crippen molar-refractivity contribution in [3.05, 3.63) is 71.8 Å². The van der Waals surface area contributed by atoms with Crippen LogP contribution in [0, 0.1) is 6.92 Å². The van der Waals surface area contributed by atoms with Gasteiger partial charge in [0.05, 0.1) is 17.4 Å². The Hall–Kier alpha value is -3.28. The Bertz CT molecular complexity index is 918. The number of pyridine rings is 1. The van der Waals surface area contributed by atoms with Crippen LogP contribution in [0.1, 0.15) is 35.3 Å². The first kappa shape index (κ1) is 19.5. The van der Waals surface area contributed by atoms with Gasteiger partial charge >= 0.3 is 0 Å². The quantitative estimate of drug-likeness (QED) is 0.595. The van der Waals surface area contributed by atoms with Gasteiger partial charge in [0.15, 0.2) is 5.78 Å². The number of carbonyl (C=O) groups excluding carboxylic acids is 1. The number of aromatic nitrogens is 3. The van der Waals surface area contributed by atoms with Crippen LogP contribution in [0.3, 0.4) is 0 Å². The van der Waals surface area contributed by atoms with E-state index in [-0.39, 0.29) is 12.2 Å². The maximum Gasteiger partial charge on any atom is 0.225 e. The van der Waals surface area contributed by atoms with Gasteiger partial charge in [-0.05, 0) is 44.5 Å². The van der Waals surface area contributed by atoms with Crippen LogP contribution in [0.25, 0.3) is 0 Å². The molecule has 0 saturated heterocycles. The van der Waals surface area contributed by atoms with E-state index in [1.54, 1.807) is 24.8 Å². The van der Waals surface area contributed by atoms with Gasteiger partial charge in [-0.3, -0.25) is 9.78 Å². The highest BCUT2D eigenvalue weighted by molar-refractivity contribution is 5.97. The number of nitrogens with zero attached hydrogens (tertiary/aromatic N) is 4. The minimum atomic E-state index is -0.0238. The molecule has 0 radical (unpaired) electrons. The molecule has 0 fully saturated rings. The number of hydrogen-bond acceptors (Lipinski definition) is 6. The van der Waals surface area contributed by atoms with Crippen LogP contribution < -0.4 is 10.2 Å². The van der Waals surface area contributed by atoms with Crippen molar-refractivity contribution < 1.29 is 4.79 Å². The normalized spacial score (nSPS) is 10.5. The molecule has 3 rings (SSSR count). The average molecular weight is 375 g/mol. The smallest absolute Gasteiger partial charge is 0.225 e. The zero-order valence-corrected chi connectivity index (χ0v) is 16.5. The second kappa shape index (κ2) is 9.08. The molecule has 0 spiro atoms. The lowest BCUT2D eigenvalue weighted by molar-refractivity contribution is 0.0992. The molecule has 0 atom stereocenters. The molecule has 0 amide bonds. The molecule has 6 nitrogen and oxygen atoms in total. The Morgan fingerprint density at radius 3 is 2.32 bits per heavy atom. The van der Waals surface area contributed by atoms with Gasteiger partial charge in [0, 0.05) is 43.8 Å². The Morgan fingerprint density at radius 2 is 1.68 bits per heavy atom. The topological polar surface area (TPSA) is 71.0 Å². The number of benzene rings is 1. The van der Waals surface area contributed by atoms with Crippen LogP contribution in [0.2, 0.25) is 0 Å². The predicted octanol–water partition coefficient (Wildman–Crippen LogP) is 4.20. The van der Waals surface area contributed by atoms with Gasteiger partial charge in [-0.2, -0.15) is 0 Å². The van der Waals surface area contributed by atoms with Gasteiger partial charge in [-0.1, -0.05) is 17.7 Å². The third kappa shape index (κ3) is 4.71. The third-order valence-electron chi connectivity index (χ3n) is 4.60. The largest absolute Gasteiger partial charge is 0.354 e. The molecule has 0 saturated carbocycles. The monoisotopic (exact) mass is 375 g/mol. The van der Waals surface area contributed by atoms with Crippen molar-refractivity contribution >= 4 is 23.1 Å². The molecule has 144 valence electrons. The Kier molecular flexibility index (Phi) is 6.32. The van der Waals surface area contributed by atoms with Crippen molar-refractivity contribution in [1.82, 2.24) is 15.0 Å². The molecule has 0 aliphatic carbocycles. The standard InChI is InChI=1S/C22H25N5O/c1-4-27(5-2)22-24-13-18(14-25-22)21(28)12-17-10-11-23-15-20(17)26-19-8-6-16(3)7-9-19/h6-11,13-15,26H,4-5,12H2,1-3H3. The van der Waals surface area contributed by atoms with Gasteiger partial charge in [0.2, 0.25) is 5.95 Å². The Balaban J connectivity index is 1.74. The predicted molar refractivity (Wildman–Crippen MR) is 112 cm³/mol. The molecule has 1 N–H and O–H groups in total. The Morgan fingerprint density at radius 1 is 1.00 bits per heavy atom. The summed E-state index contributed by atoms with van der Waals surface area (Å²) in [5.74, 6) is 0.622. The summed E-state index contributed by atoms with van der Waals surface area (Å²) in [7, 11) is 0. The van der Waals surface area contributed by atoms with Crippen molar-refractivity contribution in [3.63, 3.8) is 0 Å². The van der Waals surface area contributed by atoms with E-state index in [1.807, 2.05) is 42.2 Å². The maximum atomic E-state index is 12.7. The number of carbonyl (C=O) groups is 1. The lowest BCUT2D eigenvalue weighted by Gasteiger charge is -2.18. The molecule has 0 aliphatic heterocycles. The van der Waals surface area contributed by atoms with E-state index in [9.17, 15) is 4.79 Å². The SMILES string of the molecule is CCN(CC)c1ncc(C(=O)Cc2ccncc2Nc2ccc(C)cc2)cn1. The molecule has 3 aromatic rings. The summed E-state index contributed by atoms with van der Waals surface area (Å²) in [5, 5.41) is 3.34. The lowest BCUT2D eigenvalue weighted by atomic mass is 10.0. The van der Waals surface area contributed by atoms with Crippen molar-refractivity contribution in [2.24, 2.45) is 0 Å². The van der Waals surface area contributed by atoms with Crippen molar-refractivity contribution in [3.8, 4) is 0 Å². The van der Waals surface area contributed by atoms with Crippen molar-refractivity contribution in [1.29, 1.82) is 0 Å². The first-order valence-electron chi connectivity index (χ1n) is 9.47. The highest BCUT2D eigenvalue weighted by Crippen LogP contribution is 2.22. The first-order chi connectivity index (χ1) is 13.6. The van der Waals surface area contributed by atoms with Crippen LogP contribution in [-0.4, -0.2) is 33.8 Å². The summed E-state index contributed by atoms with van der Waals surface area (Å²) < 4.78 is 0. The number of ketones is 1. The second-order valence-corrected chi connectivity index (χ2v) is 6.57. The average Bonchev–Trinajstić information content (AvgIpc) is 2.72. The van der Waals surface area contributed by atoms with Crippen LogP contribution >= 0.6 is 0 Å². The number of hydrogen-bond donors (Lipinski definition) is 1. The van der Waals surface area contributed by atoms with Gasteiger partial charge in [0.25, 0.3) is 0 Å². The summed E-state index contributed by atoms with van der Waals surface area (Å²) in [5.41, 5.74) is 4.36. The molecular formula is C22H25N5O. The maximum absolute atomic E-state index is 12.7. The van der Waals surface area contributed by atoms with Gasteiger partial charge in [-0.15, -0.1) is 0 Å². The highest BCUT2D eigenvalue weighted by atomic mass is 16.1. The summed E-state index contributed by atoms with van der Waals surface area (Å²) in [6, 6.07) is 9.96. The summed E-state index contributed by atoms with van der Waals surface area (Å²) in [6.45, 7) is 7.81. The molecule has 0 bridgehead atoms. The van der Waals surface area contributed by atoms with E-state index < -0.39 is 0 Å². The zero-order valence-electron chi connectivity index (χ0n) is 16.5. The second-order valence-electron chi connectivity index (χ2n) is 6.57. The van der Waals surface area contributed by atoms with E-state index in [0.717, 1.165) is 30.0 Å². The molecule has 6 heteroatoms. The fourth-order valence-electron chi connectivity index (χ4n) is 2.89. The summed E-state index contributed by atoms with van der Waals surface area (Å²) in [4.78, 5) is 27.7. The lowest BCUT2D eigenvalue weighted by Crippen LogP contribution is -2.24. The molecule has 2 aromatic heterocycles. The number of anilines is 3. The number of Topliss-reactive ketones (excluding diaryl/α,β-unsaturated/α-hetero) is 1. The number of aryl methyl sites for hydroxylation is 1. The van der Waals surface area contributed by atoms with E-state index in [2.05, 4.69) is 34.1 Å². The van der Waals surface area contributed by atoms with E-state index in [4.69, 9.17) is 0 Å². The Labute approximate surface area is 165 Å². The number of rotatable bonds is 8. The van der Waals surface area contributed by atoms with Crippen LogP contribution in [0.5, 0.6) is 0 Å². The molecule has 2 heterocycles. The van der Waals surface area contributed by atoms with Crippen LogP contribution in [0.15, 0.2) is 55.1 Å². The molecule has 1 aromatic carbocycles. The van der Waals surface area contributed by atoms with Gasteiger partial charge < -0.3 is 10.2 Å². The third-order valence-corrected chi connectivity index (χ3v) is 4.60. The molecular weight excluding hydrogens is 350 g/mol. The first-order valence-corrected chi connectivity index (χ1v) is 9.47. The highest BCUT2D eigenvalue weighted by Gasteiger charge is 2.13. The molecule has 28 heavy (non-hydrogen) atoms. The minimum Gasteiger partial charge on any atom is -0.354 e. The van der Waals surface area contributed by atoms with Gasteiger partial charge in [0.1, 0.15) is 0 Å². The minimum absolute atomic E-state index is 0.0238. The van der Waals surface area contributed by atoms with Gasteiger partial charge in [-0.25, -0.2) is 9.97 Å². The van der Waals surface area contributed by atoms with E-state index in [1.165, 1.54) is 5.56 Å². The van der Waals surface area contributed by atoms with E-state index >= 15 is 0 Å². The molecule has 0 unspecified atom stereocenters. The van der Waals surface area contributed by atoms with Crippen LogP contribution in [-0.2, 0) is 6.42 Å². The summed E-state index contributed by atoms with van der Waals surface area (Å²) in [6.07, 6.45) is 6.91. The van der Waals surface area contributed by atoms with E-state index in [0.29, 0.717) is 11.5 Å². The van der Waals surface area contributed by atoms with Crippen molar-refractivity contribution in [2.75, 3.05) is 23.3 Å².